The van der Waals surface area contributed by atoms with Gasteiger partial charge in [0.05, 0.1) is 6.04 Å². The number of rotatable bonds is 4. The number of fused-ring (bicyclic) bond motifs is 3. The van der Waals surface area contributed by atoms with Gasteiger partial charge in [-0.3, -0.25) is 9.80 Å². The minimum absolute atomic E-state index is 0.203. The first-order valence-corrected chi connectivity index (χ1v) is 7.30. The molecule has 0 spiro atoms. The van der Waals surface area contributed by atoms with Crippen LogP contribution in [0.3, 0.4) is 0 Å². The van der Waals surface area contributed by atoms with Crippen molar-refractivity contribution >= 4 is 0 Å². The highest BCUT2D eigenvalue weighted by atomic mass is 15.4. The molecule has 2 N–H and O–H groups in total. The highest BCUT2D eigenvalue weighted by molar-refractivity contribution is 5.09. The van der Waals surface area contributed by atoms with Crippen LogP contribution in [0.4, 0.5) is 0 Å². The molecule has 2 unspecified atom stereocenters. The van der Waals surface area contributed by atoms with Gasteiger partial charge in [-0.15, -0.1) is 0 Å². The zero-order valence-corrected chi connectivity index (χ0v) is 11.6. The van der Waals surface area contributed by atoms with E-state index in [1.165, 1.54) is 13.1 Å². The molecular weight excluding hydrogens is 238 g/mol. The summed E-state index contributed by atoms with van der Waals surface area (Å²) >= 11 is 0. The molecule has 5 heteroatoms. The SMILES string of the molecule is CCC(N)Cc1ccnc(C2CN3CCN2CC3)n1. The maximum Gasteiger partial charge on any atom is 0.146 e. The lowest BCUT2D eigenvalue weighted by Crippen LogP contribution is -2.57. The van der Waals surface area contributed by atoms with E-state index in [1.807, 2.05) is 12.3 Å². The van der Waals surface area contributed by atoms with E-state index in [-0.39, 0.29) is 6.04 Å². The van der Waals surface area contributed by atoms with Gasteiger partial charge in [0.1, 0.15) is 5.82 Å². The molecule has 4 rings (SSSR count). The van der Waals surface area contributed by atoms with E-state index >= 15 is 0 Å². The van der Waals surface area contributed by atoms with Gasteiger partial charge in [0.15, 0.2) is 0 Å². The molecule has 3 saturated heterocycles. The van der Waals surface area contributed by atoms with Gasteiger partial charge >= 0.3 is 0 Å². The van der Waals surface area contributed by atoms with Crippen LogP contribution < -0.4 is 5.73 Å². The van der Waals surface area contributed by atoms with E-state index in [1.54, 1.807) is 0 Å². The van der Waals surface area contributed by atoms with Crippen molar-refractivity contribution in [2.45, 2.75) is 31.8 Å². The van der Waals surface area contributed by atoms with Crippen LogP contribution >= 0.6 is 0 Å². The molecule has 4 heterocycles. The summed E-state index contributed by atoms with van der Waals surface area (Å²) in [6, 6.07) is 2.57. The minimum Gasteiger partial charge on any atom is -0.327 e. The molecule has 104 valence electrons. The molecule has 0 saturated carbocycles. The van der Waals surface area contributed by atoms with Crippen LogP contribution in [-0.2, 0) is 6.42 Å². The van der Waals surface area contributed by atoms with Gasteiger partial charge in [-0.05, 0) is 12.5 Å². The second kappa shape index (κ2) is 5.53. The van der Waals surface area contributed by atoms with Gasteiger partial charge < -0.3 is 5.73 Å². The Bertz CT molecular complexity index is 428. The third-order valence-corrected chi connectivity index (χ3v) is 4.30. The van der Waals surface area contributed by atoms with Crippen LogP contribution in [-0.4, -0.2) is 58.5 Å². The Labute approximate surface area is 114 Å². The predicted molar refractivity (Wildman–Crippen MR) is 74.8 cm³/mol. The molecule has 2 atom stereocenters. The lowest BCUT2D eigenvalue weighted by molar-refractivity contribution is 0.00855. The molecular formula is C14H23N5. The first-order chi connectivity index (χ1) is 9.26. The fourth-order valence-corrected chi connectivity index (χ4v) is 2.96. The molecule has 0 aromatic carbocycles. The number of nitrogens with two attached hydrogens (primary N) is 1. The number of nitrogens with zero attached hydrogens (tertiary/aromatic N) is 4. The Hall–Kier alpha value is -1.04. The topological polar surface area (TPSA) is 58.3 Å². The second-order valence-corrected chi connectivity index (χ2v) is 5.63. The van der Waals surface area contributed by atoms with Crippen molar-refractivity contribution in [3.05, 3.63) is 23.8 Å². The first kappa shape index (κ1) is 13.0. The van der Waals surface area contributed by atoms with Crippen molar-refractivity contribution in [2.75, 3.05) is 32.7 Å². The minimum atomic E-state index is 0.203. The van der Waals surface area contributed by atoms with Crippen molar-refractivity contribution in [1.29, 1.82) is 0 Å². The Balaban J connectivity index is 1.75. The number of hydrogen-bond donors (Lipinski definition) is 1. The van der Waals surface area contributed by atoms with Crippen molar-refractivity contribution in [3.8, 4) is 0 Å². The van der Waals surface area contributed by atoms with Crippen molar-refractivity contribution < 1.29 is 0 Å². The Morgan fingerprint density at radius 1 is 1.37 bits per heavy atom. The Morgan fingerprint density at radius 2 is 2.16 bits per heavy atom. The molecule has 5 nitrogen and oxygen atoms in total. The van der Waals surface area contributed by atoms with E-state index in [0.717, 1.165) is 44.0 Å². The van der Waals surface area contributed by atoms with Crippen LogP contribution in [0.5, 0.6) is 0 Å². The maximum absolute atomic E-state index is 6.01. The van der Waals surface area contributed by atoms with E-state index in [2.05, 4.69) is 21.7 Å². The lowest BCUT2D eigenvalue weighted by atomic mass is 10.1. The van der Waals surface area contributed by atoms with Crippen molar-refractivity contribution in [1.82, 2.24) is 19.8 Å². The average Bonchev–Trinajstić information content (AvgIpc) is 2.48. The van der Waals surface area contributed by atoms with Gasteiger partial charge in [-0.25, -0.2) is 9.97 Å². The summed E-state index contributed by atoms with van der Waals surface area (Å²) in [4.78, 5) is 14.3. The normalized spacial score (nSPS) is 31.4. The standard InChI is InChI=1S/C14H23N5/c1-2-11(15)9-12-3-4-16-14(17-12)13-10-18-5-7-19(13)8-6-18/h3-4,11,13H,2,5-10,15H2,1H3. The third-order valence-electron chi connectivity index (χ3n) is 4.30. The quantitative estimate of drug-likeness (QED) is 0.851. The van der Waals surface area contributed by atoms with Crippen molar-refractivity contribution in [3.63, 3.8) is 0 Å². The van der Waals surface area contributed by atoms with Gasteiger partial charge in [-0.1, -0.05) is 6.92 Å². The summed E-state index contributed by atoms with van der Waals surface area (Å²) < 4.78 is 0. The molecule has 0 radical (unpaired) electrons. The molecule has 3 fully saturated rings. The Kier molecular flexibility index (Phi) is 3.77. The lowest BCUT2D eigenvalue weighted by Gasteiger charge is -2.46. The van der Waals surface area contributed by atoms with Crippen LogP contribution in [0.25, 0.3) is 0 Å². The van der Waals surface area contributed by atoms with E-state index in [0.29, 0.717) is 6.04 Å². The number of aromatic nitrogens is 2. The monoisotopic (exact) mass is 261 g/mol. The van der Waals surface area contributed by atoms with Gasteiger partial charge in [0.25, 0.3) is 0 Å². The fourth-order valence-electron chi connectivity index (χ4n) is 2.96. The summed E-state index contributed by atoms with van der Waals surface area (Å²) in [6.07, 6.45) is 3.73. The number of piperazine rings is 3. The molecule has 2 bridgehead atoms. The molecule has 1 aromatic rings. The van der Waals surface area contributed by atoms with Crippen LogP contribution in [0.15, 0.2) is 12.3 Å². The molecule has 1 aromatic heterocycles. The van der Waals surface area contributed by atoms with Crippen molar-refractivity contribution in [2.24, 2.45) is 5.73 Å². The zero-order valence-electron chi connectivity index (χ0n) is 11.6. The summed E-state index contributed by atoms with van der Waals surface area (Å²) in [5.41, 5.74) is 7.10. The molecule has 0 aliphatic carbocycles. The zero-order chi connectivity index (χ0) is 13.2. The van der Waals surface area contributed by atoms with Gasteiger partial charge in [-0.2, -0.15) is 0 Å². The van der Waals surface area contributed by atoms with E-state index in [4.69, 9.17) is 10.7 Å². The maximum atomic E-state index is 6.01. The molecule has 0 amide bonds. The summed E-state index contributed by atoms with van der Waals surface area (Å²) in [5, 5.41) is 0. The van der Waals surface area contributed by atoms with E-state index < -0.39 is 0 Å². The highest BCUT2D eigenvalue weighted by Gasteiger charge is 2.34. The summed E-state index contributed by atoms with van der Waals surface area (Å²) in [7, 11) is 0. The summed E-state index contributed by atoms with van der Waals surface area (Å²) in [5.74, 6) is 0.977. The van der Waals surface area contributed by atoms with Crippen LogP contribution in [0.2, 0.25) is 0 Å². The van der Waals surface area contributed by atoms with Crippen LogP contribution in [0.1, 0.15) is 30.9 Å². The Morgan fingerprint density at radius 3 is 2.79 bits per heavy atom. The van der Waals surface area contributed by atoms with Gasteiger partial charge in [0.2, 0.25) is 0 Å². The molecule has 3 aliphatic heterocycles. The molecule has 19 heavy (non-hydrogen) atoms. The van der Waals surface area contributed by atoms with E-state index in [9.17, 15) is 0 Å². The van der Waals surface area contributed by atoms with Crippen LogP contribution in [0, 0.1) is 0 Å². The number of hydrogen-bond acceptors (Lipinski definition) is 5. The van der Waals surface area contributed by atoms with Gasteiger partial charge in [0, 0.05) is 57.1 Å². The molecule has 3 aliphatic rings. The third kappa shape index (κ3) is 2.78. The summed E-state index contributed by atoms with van der Waals surface area (Å²) in [6.45, 7) is 7.86. The average molecular weight is 261 g/mol. The smallest absolute Gasteiger partial charge is 0.146 e. The predicted octanol–water partition coefficient (Wildman–Crippen LogP) is 0.429. The fraction of sp³-hybridized carbons (Fsp3) is 0.714. The second-order valence-electron chi connectivity index (χ2n) is 5.63. The largest absolute Gasteiger partial charge is 0.327 e. The highest BCUT2D eigenvalue weighted by Crippen LogP contribution is 2.26. The first-order valence-electron chi connectivity index (χ1n) is 7.30.